The molecular weight excluding hydrogens is 339 g/mol. The van der Waals surface area contributed by atoms with Gasteiger partial charge in [0.15, 0.2) is 20.9 Å². The normalized spacial score (nSPS) is 13.4. The average molecular weight is 362 g/mol. The summed E-state index contributed by atoms with van der Waals surface area (Å²) in [6.07, 6.45) is -0.621. The van der Waals surface area contributed by atoms with E-state index in [2.05, 4.69) is 5.16 Å². The summed E-state index contributed by atoms with van der Waals surface area (Å²) in [6, 6.07) is 6.87. The molecule has 132 valence electrons. The fourth-order valence-corrected chi connectivity index (χ4v) is 2.77. The minimum Gasteiger partial charge on any atom is -0.444 e. The van der Waals surface area contributed by atoms with E-state index < -0.39 is 22.6 Å². The van der Waals surface area contributed by atoms with E-state index in [0.717, 1.165) is 5.56 Å². The topological polar surface area (TPSA) is 82.4 Å². The number of oxime groups is 1. The van der Waals surface area contributed by atoms with Gasteiger partial charge in [0.05, 0.1) is 5.52 Å². The number of hydrogen-bond donors (Lipinski definition) is 2. The zero-order valence-corrected chi connectivity index (χ0v) is 16.5. The second-order valence-electron chi connectivity index (χ2n) is 7.84. The number of aliphatic hydroxyl groups is 1. The van der Waals surface area contributed by atoms with Crippen LogP contribution < -0.4 is 0 Å². The minimum absolute atomic E-state index is 0.0316. The summed E-state index contributed by atoms with van der Waals surface area (Å²) in [6.45, 7) is 5.31. The minimum atomic E-state index is -1.45. The molecule has 25 heavy (non-hydrogen) atoms. The first-order valence-electron chi connectivity index (χ1n) is 7.94. The molecule has 0 atom stereocenters. The maximum absolute atomic E-state index is 12.7. The quantitative estimate of drug-likeness (QED) is 0.226. The number of halogens is 1. The van der Waals surface area contributed by atoms with Gasteiger partial charge in [-0.3, -0.25) is 0 Å². The number of carbonyl (C=O) groups is 1. The Morgan fingerprint density at radius 3 is 2.00 bits per heavy atom. The zero-order valence-electron chi connectivity index (χ0n) is 15.8. The summed E-state index contributed by atoms with van der Waals surface area (Å²) in [5, 5.41) is 21.4. The number of rotatable bonds is 4. The Labute approximate surface area is 157 Å². The van der Waals surface area contributed by atoms with E-state index in [1.54, 1.807) is 45.0 Å². The highest BCUT2D eigenvalue weighted by Gasteiger charge is 2.42. The Kier molecular flexibility index (Phi) is 6.35. The van der Waals surface area contributed by atoms with Gasteiger partial charge in [-0.25, -0.2) is 4.79 Å². The number of carbonyl (C=O) groups excluding carboxylic acids is 1. The highest BCUT2D eigenvalue weighted by molar-refractivity contribution is 6.69. The van der Waals surface area contributed by atoms with Crippen molar-refractivity contribution in [3.8, 4) is 0 Å². The van der Waals surface area contributed by atoms with Crippen molar-refractivity contribution in [1.29, 1.82) is 0 Å². The molecule has 0 aliphatic rings. The smallest absolute Gasteiger partial charge is 0.410 e. The number of nitrogens with zero attached hydrogens (tertiary/aromatic N) is 2. The van der Waals surface area contributed by atoms with Crippen molar-refractivity contribution in [2.45, 2.75) is 37.2 Å². The predicted molar refractivity (Wildman–Crippen MR) is 109 cm³/mol. The third-order valence-electron chi connectivity index (χ3n) is 3.60. The first kappa shape index (κ1) is 21.5. The molecule has 0 saturated heterocycles. The van der Waals surface area contributed by atoms with E-state index in [4.69, 9.17) is 21.5 Å². The number of ether oxygens (including phenoxy) is 1. The molecule has 1 aromatic carbocycles. The van der Waals surface area contributed by atoms with Crippen molar-refractivity contribution in [3.05, 3.63) is 35.4 Å². The van der Waals surface area contributed by atoms with Crippen LogP contribution in [0.2, 0.25) is 0 Å². The van der Waals surface area contributed by atoms with Crippen LogP contribution >= 0.6 is 11.6 Å². The van der Waals surface area contributed by atoms with E-state index in [1.807, 2.05) is 15.7 Å². The molecular formula is C14H23B4ClN2O4. The van der Waals surface area contributed by atoms with Crippen LogP contribution in [0.5, 0.6) is 0 Å². The highest BCUT2D eigenvalue weighted by atomic mass is 35.5. The molecule has 1 amide bonds. The second kappa shape index (κ2) is 7.38. The standard InChI is InChI=1S/C14H23B4ClN2O4/c1-12(2,3)25-11(22)21(14(17,18)23)13(15,16)9-6-4-8(5-7-9)10(19)20-24/h4-7,23-24H,15-18H2,1-3H3/b20-10-. The SMILES string of the molecule is BC(B)(O)N(C(=O)OC(C)(C)C)C(B)(B)c1ccc(/C(Cl)=N/O)cc1. The van der Waals surface area contributed by atoms with Crippen molar-refractivity contribution in [2.24, 2.45) is 5.16 Å². The van der Waals surface area contributed by atoms with Crippen molar-refractivity contribution in [2.75, 3.05) is 0 Å². The van der Waals surface area contributed by atoms with E-state index >= 15 is 0 Å². The molecule has 0 fully saturated rings. The number of benzene rings is 1. The molecule has 0 saturated carbocycles. The molecule has 11 heteroatoms. The van der Waals surface area contributed by atoms with Crippen molar-refractivity contribution < 1.29 is 19.8 Å². The summed E-state index contributed by atoms with van der Waals surface area (Å²) in [7, 11) is 6.68. The van der Waals surface area contributed by atoms with Gasteiger partial charge in [0.2, 0.25) is 0 Å². The van der Waals surface area contributed by atoms with Crippen LogP contribution in [-0.2, 0) is 10.1 Å². The van der Waals surface area contributed by atoms with Crippen LogP contribution in [0.15, 0.2) is 29.4 Å². The molecule has 0 aromatic heterocycles. The Balaban J connectivity index is 3.30. The summed E-state index contributed by atoms with van der Waals surface area (Å²) in [5.41, 5.74) is -0.845. The van der Waals surface area contributed by atoms with Crippen LogP contribution in [0.4, 0.5) is 4.79 Å². The van der Waals surface area contributed by atoms with Gasteiger partial charge in [0.1, 0.15) is 21.3 Å². The first-order valence-corrected chi connectivity index (χ1v) is 8.32. The maximum atomic E-state index is 12.7. The van der Waals surface area contributed by atoms with Gasteiger partial charge in [0, 0.05) is 10.9 Å². The lowest BCUT2D eigenvalue weighted by atomic mass is 9.54. The molecule has 0 spiro atoms. The van der Waals surface area contributed by atoms with E-state index in [0.29, 0.717) is 5.56 Å². The summed E-state index contributed by atoms with van der Waals surface area (Å²) < 4.78 is 5.47. The molecule has 1 rings (SSSR count). The predicted octanol–water partition coefficient (Wildman–Crippen LogP) is -1.46. The highest BCUT2D eigenvalue weighted by Crippen LogP contribution is 2.28. The molecule has 0 aliphatic heterocycles. The van der Waals surface area contributed by atoms with Crippen LogP contribution in [0, 0.1) is 0 Å². The van der Waals surface area contributed by atoms with Crippen LogP contribution in [-0.4, -0.2) is 69.0 Å². The van der Waals surface area contributed by atoms with Crippen LogP contribution in [0.3, 0.4) is 0 Å². The van der Waals surface area contributed by atoms with Gasteiger partial charge in [0.25, 0.3) is 0 Å². The largest absolute Gasteiger partial charge is 0.444 e. The third-order valence-corrected chi connectivity index (χ3v) is 3.89. The van der Waals surface area contributed by atoms with Gasteiger partial charge in [-0.1, -0.05) is 41.0 Å². The van der Waals surface area contributed by atoms with Gasteiger partial charge in [-0.2, -0.15) is 0 Å². The maximum Gasteiger partial charge on any atom is 0.410 e. The van der Waals surface area contributed by atoms with Crippen LogP contribution in [0.25, 0.3) is 0 Å². The van der Waals surface area contributed by atoms with Crippen molar-refractivity contribution in [1.82, 2.24) is 4.90 Å². The monoisotopic (exact) mass is 362 g/mol. The Morgan fingerprint density at radius 2 is 1.64 bits per heavy atom. The summed E-state index contributed by atoms with van der Waals surface area (Å²) in [5.74, 6) is 0. The summed E-state index contributed by atoms with van der Waals surface area (Å²) in [4.78, 5) is 14.0. The molecule has 6 nitrogen and oxygen atoms in total. The molecule has 0 bridgehead atoms. The second-order valence-corrected chi connectivity index (χ2v) is 8.20. The zero-order chi connectivity index (χ0) is 19.6. The fourth-order valence-electron chi connectivity index (χ4n) is 2.65. The molecule has 0 heterocycles. The van der Waals surface area contributed by atoms with E-state index in [-0.39, 0.29) is 5.17 Å². The van der Waals surface area contributed by atoms with Crippen molar-refractivity contribution in [3.63, 3.8) is 0 Å². The van der Waals surface area contributed by atoms with Crippen molar-refractivity contribution >= 4 is 54.3 Å². The van der Waals surface area contributed by atoms with Gasteiger partial charge in [-0.15, -0.1) is 0 Å². The molecule has 0 aliphatic carbocycles. The Morgan fingerprint density at radius 1 is 1.16 bits per heavy atom. The van der Waals surface area contributed by atoms with Gasteiger partial charge >= 0.3 is 6.09 Å². The lowest BCUT2D eigenvalue weighted by molar-refractivity contribution is -0.0307. The lowest BCUT2D eigenvalue weighted by Crippen LogP contribution is -2.64. The van der Waals surface area contributed by atoms with Gasteiger partial charge < -0.3 is 20.0 Å². The molecule has 2 N–H and O–H groups in total. The summed E-state index contributed by atoms with van der Waals surface area (Å²) >= 11 is 5.79. The Hall–Kier alpha value is -1.53. The molecule has 1 aromatic rings. The van der Waals surface area contributed by atoms with Crippen LogP contribution in [0.1, 0.15) is 31.9 Å². The van der Waals surface area contributed by atoms with E-state index in [9.17, 15) is 9.90 Å². The number of hydrogen-bond acceptors (Lipinski definition) is 5. The fraction of sp³-hybridized carbons (Fsp3) is 0.429. The van der Waals surface area contributed by atoms with E-state index in [1.165, 1.54) is 20.6 Å². The first-order chi connectivity index (χ1) is 11.2. The third kappa shape index (κ3) is 5.47. The Bertz CT molecular complexity index is 654. The molecule has 0 unspecified atom stereocenters. The molecule has 0 radical (unpaired) electrons. The average Bonchev–Trinajstić information content (AvgIpc) is 2.42. The number of amides is 1. The lowest BCUT2D eigenvalue weighted by Gasteiger charge is -2.47. The van der Waals surface area contributed by atoms with Gasteiger partial charge in [-0.05, 0) is 26.3 Å².